The van der Waals surface area contributed by atoms with Crippen molar-refractivity contribution in [3.8, 4) is 0 Å². The molecule has 1 aromatic heterocycles. The molecule has 0 saturated carbocycles. The van der Waals surface area contributed by atoms with Crippen LogP contribution in [0.1, 0.15) is 26.3 Å². The number of hydrogen-bond acceptors (Lipinski definition) is 4. The van der Waals surface area contributed by atoms with E-state index in [1.54, 1.807) is 17.8 Å². The zero-order valence-corrected chi connectivity index (χ0v) is 10.1. The fraction of sp³-hybridized carbons (Fsp3) is 0.700. The molecule has 0 aliphatic heterocycles. The minimum Gasteiger partial charge on any atom is -0.358 e. The van der Waals surface area contributed by atoms with Crippen molar-refractivity contribution in [2.75, 3.05) is 6.54 Å². The van der Waals surface area contributed by atoms with Crippen molar-refractivity contribution in [1.82, 2.24) is 15.1 Å². The average Bonchev–Trinajstić information content (AvgIpc) is 2.44. The number of hydrogen-bond donors (Lipinski definition) is 1. The third-order valence-electron chi connectivity index (χ3n) is 2.09. The van der Waals surface area contributed by atoms with E-state index < -0.39 is 4.92 Å². The van der Waals surface area contributed by atoms with Gasteiger partial charge in [-0.1, -0.05) is 0 Å². The third kappa shape index (κ3) is 3.62. The summed E-state index contributed by atoms with van der Waals surface area (Å²) in [5.74, 6) is -0.0595. The van der Waals surface area contributed by atoms with Gasteiger partial charge in [-0.2, -0.15) is 4.68 Å². The summed E-state index contributed by atoms with van der Waals surface area (Å²) in [5, 5.41) is 17.8. The maximum Gasteiger partial charge on any atom is 0.392 e. The normalized spacial score (nSPS) is 11.8. The van der Waals surface area contributed by atoms with Gasteiger partial charge in [0.15, 0.2) is 0 Å². The van der Waals surface area contributed by atoms with Crippen LogP contribution in [0.15, 0.2) is 6.20 Å². The van der Waals surface area contributed by atoms with E-state index in [-0.39, 0.29) is 11.4 Å². The summed E-state index contributed by atoms with van der Waals surface area (Å²) in [6.45, 7) is 9.28. The summed E-state index contributed by atoms with van der Waals surface area (Å²) in [7, 11) is 0. The summed E-state index contributed by atoms with van der Waals surface area (Å²) < 4.78 is 1.60. The van der Waals surface area contributed by atoms with Crippen LogP contribution < -0.4 is 5.32 Å². The van der Waals surface area contributed by atoms with E-state index in [0.717, 1.165) is 6.54 Å². The Balaban J connectivity index is 2.56. The summed E-state index contributed by atoms with van der Waals surface area (Å²) >= 11 is 0. The monoisotopic (exact) mass is 226 g/mol. The topological polar surface area (TPSA) is 73.0 Å². The molecule has 1 N–H and O–H groups in total. The van der Waals surface area contributed by atoms with Gasteiger partial charge in [0.1, 0.15) is 0 Å². The molecule has 0 radical (unpaired) electrons. The Labute approximate surface area is 94.8 Å². The molecule has 0 bridgehead atoms. The molecule has 0 fully saturated rings. The van der Waals surface area contributed by atoms with Crippen molar-refractivity contribution in [3.05, 3.63) is 21.9 Å². The molecule has 1 heterocycles. The van der Waals surface area contributed by atoms with Crippen molar-refractivity contribution in [3.63, 3.8) is 0 Å². The van der Waals surface area contributed by atoms with Gasteiger partial charge < -0.3 is 15.4 Å². The maximum atomic E-state index is 10.6. The Hall–Kier alpha value is -1.43. The predicted molar refractivity (Wildman–Crippen MR) is 61.4 cm³/mol. The van der Waals surface area contributed by atoms with E-state index in [9.17, 15) is 10.1 Å². The first kappa shape index (κ1) is 12.6. The van der Waals surface area contributed by atoms with Crippen molar-refractivity contribution in [2.24, 2.45) is 0 Å². The second-order valence-electron chi connectivity index (χ2n) is 4.83. The molecule has 16 heavy (non-hydrogen) atoms. The summed E-state index contributed by atoms with van der Waals surface area (Å²) in [5.41, 5.74) is 0.648. The number of rotatable bonds is 4. The van der Waals surface area contributed by atoms with Crippen LogP contribution in [-0.2, 0) is 6.54 Å². The van der Waals surface area contributed by atoms with E-state index in [2.05, 4.69) is 31.2 Å². The standard InChI is InChI=1S/C10H18N4O2/c1-8-7-13(12-9(8)14(15)16)6-5-11-10(2,3)4/h7,11H,5-6H2,1-4H3. The van der Waals surface area contributed by atoms with E-state index in [0.29, 0.717) is 12.1 Å². The van der Waals surface area contributed by atoms with Gasteiger partial charge in [-0.3, -0.25) is 0 Å². The van der Waals surface area contributed by atoms with Crippen molar-refractivity contribution >= 4 is 5.82 Å². The van der Waals surface area contributed by atoms with Gasteiger partial charge in [-0.15, -0.1) is 0 Å². The van der Waals surface area contributed by atoms with Gasteiger partial charge in [0.2, 0.25) is 0 Å². The van der Waals surface area contributed by atoms with Crippen molar-refractivity contribution in [2.45, 2.75) is 39.8 Å². The largest absolute Gasteiger partial charge is 0.392 e. The quantitative estimate of drug-likeness (QED) is 0.623. The molecule has 90 valence electrons. The Bertz CT molecular complexity index is 379. The molecule has 0 spiro atoms. The van der Waals surface area contributed by atoms with Gasteiger partial charge in [-0.25, -0.2) is 0 Å². The lowest BCUT2D eigenvalue weighted by atomic mass is 10.1. The fourth-order valence-corrected chi connectivity index (χ4v) is 1.35. The van der Waals surface area contributed by atoms with Crippen LogP contribution in [0.4, 0.5) is 5.82 Å². The number of aryl methyl sites for hydroxylation is 1. The smallest absolute Gasteiger partial charge is 0.358 e. The first-order valence-electron chi connectivity index (χ1n) is 5.23. The van der Waals surface area contributed by atoms with Crippen LogP contribution >= 0.6 is 0 Å². The molecule has 0 saturated heterocycles. The summed E-state index contributed by atoms with van der Waals surface area (Å²) in [6, 6.07) is 0. The molecule has 0 aliphatic rings. The zero-order chi connectivity index (χ0) is 12.3. The molecular formula is C10H18N4O2. The van der Waals surface area contributed by atoms with E-state index in [1.165, 1.54) is 0 Å². The van der Waals surface area contributed by atoms with Crippen LogP contribution in [-0.4, -0.2) is 26.8 Å². The first-order valence-corrected chi connectivity index (χ1v) is 5.23. The van der Waals surface area contributed by atoms with Gasteiger partial charge in [-0.05, 0) is 32.6 Å². The molecule has 1 rings (SSSR count). The minimum absolute atomic E-state index is 0.0497. The molecule has 0 atom stereocenters. The third-order valence-corrected chi connectivity index (χ3v) is 2.09. The average molecular weight is 226 g/mol. The lowest BCUT2D eigenvalue weighted by Gasteiger charge is -2.19. The Morgan fingerprint density at radius 2 is 2.19 bits per heavy atom. The minimum atomic E-state index is -0.455. The predicted octanol–water partition coefficient (Wildman–Crippen LogP) is 1.49. The zero-order valence-electron chi connectivity index (χ0n) is 10.1. The van der Waals surface area contributed by atoms with Gasteiger partial charge in [0.25, 0.3) is 0 Å². The molecule has 6 heteroatoms. The number of nitrogens with zero attached hydrogens (tertiary/aromatic N) is 3. The summed E-state index contributed by atoms with van der Waals surface area (Å²) in [4.78, 5) is 10.1. The van der Waals surface area contributed by atoms with Crippen molar-refractivity contribution < 1.29 is 4.92 Å². The van der Waals surface area contributed by atoms with Crippen LogP contribution in [0, 0.1) is 17.0 Å². The van der Waals surface area contributed by atoms with Crippen LogP contribution in [0.3, 0.4) is 0 Å². The molecule has 0 unspecified atom stereocenters. The molecule has 1 aromatic rings. The maximum absolute atomic E-state index is 10.6. The molecule has 0 amide bonds. The highest BCUT2D eigenvalue weighted by molar-refractivity contribution is 5.27. The Morgan fingerprint density at radius 3 is 2.62 bits per heavy atom. The van der Waals surface area contributed by atoms with Gasteiger partial charge >= 0.3 is 5.82 Å². The fourth-order valence-electron chi connectivity index (χ4n) is 1.35. The van der Waals surface area contributed by atoms with E-state index >= 15 is 0 Å². The SMILES string of the molecule is Cc1cn(CCNC(C)(C)C)nc1[N+](=O)[O-]. The second-order valence-corrected chi connectivity index (χ2v) is 4.83. The molecular weight excluding hydrogens is 208 g/mol. The Kier molecular flexibility index (Phi) is 3.64. The van der Waals surface area contributed by atoms with Gasteiger partial charge in [0.05, 0.1) is 23.4 Å². The molecule has 6 nitrogen and oxygen atoms in total. The van der Waals surface area contributed by atoms with Crippen LogP contribution in [0.5, 0.6) is 0 Å². The number of aromatic nitrogens is 2. The lowest BCUT2D eigenvalue weighted by molar-refractivity contribution is -0.390. The second kappa shape index (κ2) is 4.61. The first-order chi connectivity index (χ1) is 7.29. The van der Waals surface area contributed by atoms with Gasteiger partial charge in [0, 0.05) is 12.1 Å². The number of nitrogens with one attached hydrogen (secondary N) is 1. The summed E-state index contributed by atoms with van der Waals surface area (Å²) in [6.07, 6.45) is 1.70. The highest BCUT2D eigenvalue weighted by atomic mass is 16.6. The van der Waals surface area contributed by atoms with E-state index in [4.69, 9.17) is 0 Å². The Morgan fingerprint density at radius 1 is 1.56 bits per heavy atom. The highest BCUT2D eigenvalue weighted by Crippen LogP contribution is 2.13. The molecule has 0 aliphatic carbocycles. The highest BCUT2D eigenvalue weighted by Gasteiger charge is 2.17. The number of nitro groups is 1. The van der Waals surface area contributed by atoms with Crippen LogP contribution in [0.25, 0.3) is 0 Å². The lowest BCUT2D eigenvalue weighted by Crippen LogP contribution is -2.37. The molecule has 0 aromatic carbocycles. The van der Waals surface area contributed by atoms with E-state index in [1.807, 2.05) is 0 Å². The van der Waals surface area contributed by atoms with Crippen molar-refractivity contribution in [1.29, 1.82) is 0 Å². The van der Waals surface area contributed by atoms with Crippen LogP contribution in [0.2, 0.25) is 0 Å².